The Labute approximate surface area is 143 Å². The fraction of sp³-hybridized carbons (Fsp3) is 0.118. The SMILES string of the molecule is N#Cc1cccc(NC(=O)COC(=O)COc2cccc(Cl)c2)c1. The number of ether oxygens (including phenoxy) is 2. The minimum Gasteiger partial charge on any atom is -0.482 e. The van der Waals surface area contributed by atoms with Gasteiger partial charge in [-0.1, -0.05) is 23.7 Å². The van der Waals surface area contributed by atoms with E-state index in [1.54, 1.807) is 42.5 Å². The van der Waals surface area contributed by atoms with Crippen molar-refractivity contribution in [3.05, 3.63) is 59.1 Å². The maximum absolute atomic E-state index is 11.7. The van der Waals surface area contributed by atoms with Gasteiger partial charge in [-0.15, -0.1) is 0 Å². The standard InChI is InChI=1S/C17H13ClN2O4/c18-13-4-2-6-15(8-13)23-11-17(22)24-10-16(21)20-14-5-1-3-12(7-14)9-19/h1-8H,10-11H2,(H,20,21). The zero-order valence-electron chi connectivity index (χ0n) is 12.5. The molecule has 0 spiro atoms. The Morgan fingerprint density at radius 2 is 1.92 bits per heavy atom. The summed E-state index contributed by atoms with van der Waals surface area (Å²) < 4.78 is 10.0. The van der Waals surface area contributed by atoms with Crippen molar-refractivity contribution in [1.29, 1.82) is 5.26 Å². The third-order valence-electron chi connectivity index (χ3n) is 2.79. The fourth-order valence-corrected chi connectivity index (χ4v) is 1.93. The van der Waals surface area contributed by atoms with E-state index >= 15 is 0 Å². The Morgan fingerprint density at radius 3 is 2.67 bits per heavy atom. The van der Waals surface area contributed by atoms with Crippen molar-refractivity contribution in [3.8, 4) is 11.8 Å². The fourth-order valence-electron chi connectivity index (χ4n) is 1.75. The van der Waals surface area contributed by atoms with Gasteiger partial charge in [-0.2, -0.15) is 5.26 Å². The first-order chi connectivity index (χ1) is 11.6. The molecule has 122 valence electrons. The van der Waals surface area contributed by atoms with Crippen molar-refractivity contribution in [2.75, 3.05) is 18.5 Å². The summed E-state index contributed by atoms with van der Waals surface area (Å²) in [5, 5.41) is 11.8. The van der Waals surface area contributed by atoms with E-state index in [0.717, 1.165) is 0 Å². The number of halogens is 1. The molecule has 0 fully saturated rings. The number of carbonyl (C=O) groups excluding carboxylic acids is 2. The molecule has 7 heteroatoms. The molecule has 2 aromatic carbocycles. The number of nitriles is 1. The van der Waals surface area contributed by atoms with Gasteiger partial charge >= 0.3 is 5.97 Å². The second-order valence-electron chi connectivity index (χ2n) is 4.65. The van der Waals surface area contributed by atoms with Gasteiger partial charge in [0.25, 0.3) is 5.91 Å². The van der Waals surface area contributed by atoms with Crippen LogP contribution in [-0.4, -0.2) is 25.1 Å². The van der Waals surface area contributed by atoms with Crippen molar-refractivity contribution in [2.45, 2.75) is 0 Å². The van der Waals surface area contributed by atoms with Gasteiger partial charge in [0.05, 0.1) is 11.6 Å². The number of anilines is 1. The van der Waals surface area contributed by atoms with Gasteiger partial charge in [0.15, 0.2) is 13.2 Å². The molecule has 0 aliphatic heterocycles. The zero-order chi connectivity index (χ0) is 17.4. The summed E-state index contributed by atoms with van der Waals surface area (Å²) in [6, 6.07) is 14.9. The van der Waals surface area contributed by atoms with Gasteiger partial charge in [0, 0.05) is 10.7 Å². The van der Waals surface area contributed by atoms with Crippen LogP contribution in [0.25, 0.3) is 0 Å². The number of benzene rings is 2. The number of rotatable bonds is 6. The van der Waals surface area contributed by atoms with Crippen molar-refractivity contribution in [1.82, 2.24) is 0 Å². The monoisotopic (exact) mass is 344 g/mol. The number of hydrogen-bond donors (Lipinski definition) is 1. The van der Waals surface area contributed by atoms with E-state index in [1.807, 2.05) is 6.07 Å². The summed E-state index contributed by atoms with van der Waals surface area (Å²) in [6.45, 7) is -0.786. The Balaban J connectivity index is 1.75. The molecular formula is C17H13ClN2O4. The van der Waals surface area contributed by atoms with Gasteiger partial charge in [0.1, 0.15) is 5.75 Å². The van der Waals surface area contributed by atoms with Crippen LogP contribution < -0.4 is 10.1 Å². The smallest absolute Gasteiger partial charge is 0.344 e. The van der Waals surface area contributed by atoms with Crippen LogP contribution in [0.4, 0.5) is 5.69 Å². The molecule has 2 aromatic rings. The number of esters is 1. The zero-order valence-corrected chi connectivity index (χ0v) is 13.2. The summed E-state index contributed by atoms with van der Waals surface area (Å²) >= 11 is 5.79. The summed E-state index contributed by atoms with van der Waals surface area (Å²) in [7, 11) is 0. The van der Waals surface area contributed by atoms with Crippen molar-refractivity contribution >= 4 is 29.2 Å². The molecule has 24 heavy (non-hydrogen) atoms. The lowest BCUT2D eigenvalue weighted by Gasteiger charge is -2.08. The van der Waals surface area contributed by atoms with Crippen LogP contribution in [0.2, 0.25) is 5.02 Å². The van der Waals surface area contributed by atoms with Crippen LogP contribution in [-0.2, 0) is 14.3 Å². The Bertz CT molecular complexity index is 786. The molecule has 0 atom stereocenters. The second-order valence-corrected chi connectivity index (χ2v) is 5.08. The first-order valence-corrected chi connectivity index (χ1v) is 7.28. The number of nitrogens with one attached hydrogen (secondary N) is 1. The minimum atomic E-state index is -0.684. The highest BCUT2D eigenvalue weighted by atomic mass is 35.5. The average molecular weight is 345 g/mol. The number of carbonyl (C=O) groups is 2. The van der Waals surface area contributed by atoms with Crippen molar-refractivity contribution < 1.29 is 19.1 Å². The lowest BCUT2D eigenvalue weighted by molar-refractivity contribution is -0.149. The maximum atomic E-state index is 11.7. The highest BCUT2D eigenvalue weighted by Gasteiger charge is 2.09. The lowest BCUT2D eigenvalue weighted by atomic mass is 10.2. The van der Waals surface area contributed by atoms with E-state index in [4.69, 9.17) is 26.3 Å². The molecule has 6 nitrogen and oxygen atoms in total. The number of nitrogens with zero attached hydrogens (tertiary/aromatic N) is 1. The van der Waals surface area contributed by atoms with E-state index in [-0.39, 0.29) is 6.61 Å². The third-order valence-corrected chi connectivity index (χ3v) is 3.03. The molecule has 1 amide bonds. The molecule has 0 aliphatic carbocycles. The van der Waals surface area contributed by atoms with Crippen LogP contribution >= 0.6 is 11.6 Å². The third kappa shape index (κ3) is 5.63. The predicted octanol–water partition coefficient (Wildman–Crippen LogP) is 2.77. The summed E-state index contributed by atoms with van der Waals surface area (Å²) in [6.07, 6.45) is 0. The van der Waals surface area contributed by atoms with E-state index in [1.165, 1.54) is 6.07 Å². The maximum Gasteiger partial charge on any atom is 0.344 e. The van der Waals surface area contributed by atoms with Crippen LogP contribution in [0.15, 0.2) is 48.5 Å². The first kappa shape index (κ1) is 17.3. The molecule has 0 radical (unpaired) electrons. The van der Waals surface area contributed by atoms with Gasteiger partial charge in [0.2, 0.25) is 0 Å². The van der Waals surface area contributed by atoms with Gasteiger partial charge in [-0.05, 0) is 36.4 Å². The first-order valence-electron chi connectivity index (χ1n) is 6.91. The lowest BCUT2D eigenvalue weighted by Crippen LogP contribution is -2.23. The second kappa shape index (κ2) is 8.56. The Morgan fingerprint density at radius 1 is 1.12 bits per heavy atom. The van der Waals surface area contributed by atoms with E-state index in [0.29, 0.717) is 22.0 Å². The van der Waals surface area contributed by atoms with Crippen LogP contribution in [0.5, 0.6) is 5.75 Å². The molecule has 0 aromatic heterocycles. The van der Waals surface area contributed by atoms with Gasteiger partial charge < -0.3 is 14.8 Å². The predicted molar refractivity (Wildman–Crippen MR) is 87.7 cm³/mol. The van der Waals surface area contributed by atoms with Gasteiger partial charge in [-0.25, -0.2) is 4.79 Å². The molecule has 1 N–H and O–H groups in total. The molecule has 0 bridgehead atoms. The minimum absolute atomic E-state index is 0.336. The molecule has 0 saturated heterocycles. The molecule has 0 saturated carbocycles. The average Bonchev–Trinajstić information content (AvgIpc) is 2.58. The molecule has 0 heterocycles. The van der Waals surface area contributed by atoms with E-state index in [9.17, 15) is 9.59 Å². The molecular weight excluding hydrogens is 332 g/mol. The van der Waals surface area contributed by atoms with E-state index < -0.39 is 18.5 Å². The molecule has 0 unspecified atom stereocenters. The summed E-state index contributed by atoms with van der Waals surface area (Å²) in [5.74, 6) is -0.769. The topological polar surface area (TPSA) is 88.4 Å². The molecule has 0 aliphatic rings. The van der Waals surface area contributed by atoms with Crippen LogP contribution in [0.3, 0.4) is 0 Å². The molecule has 2 rings (SSSR count). The Kier molecular flexibility index (Phi) is 6.17. The highest BCUT2D eigenvalue weighted by Crippen LogP contribution is 2.17. The van der Waals surface area contributed by atoms with Crippen molar-refractivity contribution in [3.63, 3.8) is 0 Å². The van der Waals surface area contributed by atoms with Crippen molar-refractivity contribution in [2.24, 2.45) is 0 Å². The Hall–Kier alpha value is -3.04. The normalized spacial score (nSPS) is 9.67. The number of amides is 1. The highest BCUT2D eigenvalue weighted by molar-refractivity contribution is 6.30. The number of hydrogen-bond acceptors (Lipinski definition) is 5. The van der Waals surface area contributed by atoms with Crippen LogP contribution in [0.1, 0.15) is 5.56 Å². The largest absolute Gasteiger partial charge is 0.482 e. The van der Waals surface area contributed by atoms with Gasteiger partial charge in [-0.3, -0.25) is 4.79 Å². The van der Waals surface area contributed by atoms with Crippen LogP contribution in [0, 0.1) is 11.3 Å². The summed E-state index contributed by atoms with van der Waals surface area (Å²) in [4.78, 5) is 23.3. The quantitative estimate of drug-likeness (QED) is 0.814. The van der Waals surface area contributed by atoms with E-state index in [2.05, 4.69) is 5.32 Å². The summed E-state index contributed by atoms with van der Waals surface area (Å²) in [5.41, 5.74) is 0.866.